The van der Waals surface area contributed by atoms with Crippen LogP contribution in [0.4, 0.5) is 4.39 Å². The summed E-state index contributed by atoms with van der Waals surface area (Å²) in [6, 6.07) is 10.3. The minimum absolute atomic E-state index is 0.0723. The predicted octanol–water partition coefficient (Wildman–Crippen LogP) is 4.81. The van der Waals surface area contributed by atoms with Crippen LogP contribution in [0.2, 0.25) is 0 Å². The number of halogens is 1. The van der Waals surface area contributed by atoms with Gasteiger partial charge in [-0.2, -0.15) is 0 Å². The molecule has 0 aliphatic carbocycles. The third-order valence-electron chi connectivity index (χ3n) is 6.25. The molecule has 0 radical (unpaired) electrons. The molecular weight excluding hydrogens is 391 g/mol. The number of carbonyl (C=O) groups excluding carboxylic acids is 1. The van der Waals surface area contributed by atoms with Gasteiger partial charge in [0.05, 0.1) is 11.8 Å². The van der Waals surface area contributed by atoms with Gasteiger partial charge >= 0.3 is 0 Å². The average Bonchev–Trinajstić information content (AvgIpc) is 2.79. The highest BCUT2D eigenvalue weighted by Crippen LogP contribution is 2.27. The molecule has 5 nitrogen and oxygen atoms in total. The van der Waals surface area contributed by atoms with Crippen LogP contribution in [0, 0.1) is 11.2 Å². The highest BCUT2D eigenvalue weighted by atomic mass is 19.1. The number of benzene rings is 1. The zero-order valence-corrected chi connectivity index (χ0v) is 18.6. The average molecular weight is 425 g/mol. The summed E-state index contributed by atoms with van der Waals surface area (Å²) in [5, 5.41) is 8.12. The molecule has 1 unspecified atom stereocenters. The zero-order chi connectivity index (χ0) is 22.2. The van der Waals surface area contributed by atoms with Gasteiger partial charge in [0.1, 0.15) is 5.82 Å². The topological polar surface area (TPSA) is 60.3 Å². The standard InChI is InChI=1S/C25H33FN4O/c1-3-24(21-7-9-23(26)10-8-21)25(31)30(19(2)27)15-5-14-29-16-11-20(12-17-29)22-6-4-13-28-18-22/h4,6-10,13,18,20,24,27H,3,5,11-12,14-17H2,1-2H3. The summed E-state index contributed by atoms with van der Waals surface area (Å²) < 4.78 is 13.3. The summed E-state index contributed by atoms with van der Waals surface area (Å²) in [7, 11) is 0. The Kier molecular flexibility index (Phi) is 8.29. The third-order valence-corrected chi connectivity index (χ3v) is 6.25. The minimum Gasteiger partial charge on any atom is -0.303 e. The summed E-state index contributed by atoms with van der Waals surface area (Å²) in [6.07, 6.45) is 7.49. The van der Waals surface area contributed by atoms with E-state index in [-0.39, 0.29) is 23.5 Å². The summed E-state index contributed by atoms with van der Waals surface area (Å²) in [6.45, 7) is 7.16. The van der Waals surface area contributed by atoms with E-state index in [1.807, 2.05) is 25.4 Å². The Bertz CT molecular complexity index is 848. The number of rotatable bonds is 8. The number of hydrogen-bond donors (Lipinski definition) is 1. The molecule has 1 aromatic heterocycles. The molecule has 1 N–H and O–H groups in total. The van der Waals surface area contributed by atoms with Gasteiger partial charge in [0.2, 0.25) is 5.91 Å². The van der Waals surface area contributed by atoms with E-state index < -0.39 is 0 Å². The van der Waals surface area contributed by atoms with Gasteiger partial charge in [0.15, 0.2) is 0 Å². The van der Waals surface area contributed by atoms with Crippen molar-refractivity contribution in [2.75, 3.05) is 26.2 Å². The second-order valence-corrected chi connectivity index (χ2v) is 8.34. The van der Waals surface area contributed by atoms with Crippen LogP contribution < -0.4 is 0 Å². The molecule has 1 aliphatic heterocycles. The highest BCUT2D eigenvalue weighted by Gasteiger charge is 2.26. The summed E-state index contributed by atoms with van der Waals surface area (Å²) in [5.41, 5.74) is 2.13. The smallest absolute Gasteiger partial charge is 0.235 e. The van der Waals surface area contributed by atoms with Crippen molar-refractivity contribution in [1.82, 2.24) is 14.8 Å². The Morgan fingerprint density at radius 1 is 1.26 bits per heavy atom. The quantitative estimate of drug-likeness (QED) is 0.489. The molecule has 1 aromatic carbocycles. The Balaban J connectivity index is 1.51. The molecule has 0 bridgehead atoms. The molecule has 1 atom stereocenters. The Morgan fingerprint density at radius 3 is 2.55 bits per heavy atom. The Hall–Kier alpha value is -2.60. The molecule has 3 rings (SSSR count). The molecule has 2 aromatic rings. The number of pyridine rings is 1. The number of nitrogens with zero attached hydrogens (tertiary/aromatic N) is 3. The second-order valence-electron chi connectivity index (χ2n) is 8.34. The lowest BCUT2D eigenvalue weighted by molar-refractivity contribution is -0.129. The molecule has 166 valence electrons. The van der Waals surface area contributed by atoms with Crippen molar-refractivity contribution in [3.05, 3.63) is 65.7 Å². The van der Waals surface area contributed by atoms with Crippen LogP contribution in [-0.4, -0.2) is 52.7 Å². The van der Waals surface area contributed by atoms with Gasteiger partial charge in [0, 0.05) is 18.9 Å². The van der Waals surface area contributed by atoms with E-state index >= 15 is 0 Å². The van der Waals surface area contributed by atoms with Crippen molar-refractivity contribution in [1.29, 1.82) is 5.41 Å². The lowest BCUT2D eigenvalue weighted by Gasteiger charge is -2.33. The number of aromatic nitrogens is 1. The first-order valence-electron chi connectivity index (χ1n) is 11.2. The first kappa shape index (κ1) is 23.1. The van der Waals surface area contributed by atoms with E-state index in [0.29, 0.717) is 18.9 Å². The molecule has 1 aliphatic rings. The van der Waals surface area contributed by atoms with Gasteiger partial charge < -0.3 is 9.80 Å². The molecular formula is C25H33FN4O. The number of likely N-dealkylation sites (tertiary alicyclic amines) is 1. The van der Waals surface area contributed by atoms with Crippen LogP contribution >= 0.6 is 0 Å². The SMILES string of the molecule is CCC(C(=O)N(CCCN1CCC(c2cccnc2)CC1)C(C)=N)c1ccc(F)cc1. The number of amidine groups is 1. The van der Waals surface area contributed by atoms with Crippen LogP contribution in [0.15, 0.2) is 48.8 Å². The first-order chi connectivity index (χ1) is 15.0. The van der Waals surface area contributed by atoms with Crippen molar-refractivity contribution >= 4 is 11.7 Å². The molecule has 1 fully saturated rings. The molecule has 1 amide bonds. The number of nitrogens with one attached hydrogen (secondary N) is 1. The van der Waals surface area contributed by atoms with Gasteiger partial charge in [0.25, 0.3) is 0 Å². The lowest BCUT2D eigenvalue weighted by atomic mass is 9.90. The minimum atomic E-state index is -0.351. The monoisotopic (exact) mass is 424 g/mol. The molecule has 2 heterocycles. The van der Waals surface area contributed by atoms with Crippen LogP contribution in [0.1, 0.15) is 62.5 Å². The second kappa shape index (κ2) is 11.1. The summed E-state index contributed by atoms with van der Waals surface area (Å²) >= 11 is 0. The van der Waals surface area contributed by atoms with E-state index in [1.165, 1.54) is 17.7 Å². The fraction of sp³-hybridized carbons (Fsp3) is 0.480. The maximum Gasteiger partial charge on any atom is 0.235 e. The van der Waals surface area contributed by atoms with E-state index in [1.54, 1.807) is 24.0 Å². The number of carbonyl (C=O) groups is 1. The van der Waals surface area contributed by atoms with Crippen LogP contribution in [0.5, 0.6) is 0 Å². The summed E-state index contributed by atoms with van der Waals surface area (Å²) in [4.78, 5) is 21.4. The number of amides is 1. The van der Waals surface area contributed by atoms with Crippen molar-refractivity contribution in [3.8, 4) is 0 Å². The maximum atomic E-state index is 13.3. The first-order valence-corrected chi connectivity index (χ1v) is 11.2. The van der Waals surface area contributed by atoms with Gasteiger partial charge in [-0.25, -0.2) is 4.39 Å². The van der Waals surface area contributed by atoms with Crippen LogP contribution in [0.3, 0.4) is 0 Å². The van der Waals surface area contributed by atoms with Crippen LogP contribution in [0.25, 0.3) is 0 Å². The highest BCUT2D eigenvalue weighted by molar-refractivity contribution is 5.98. The van der Waals surface area contributed by atoms with E-state index in [9.17, 15) is 9.18 Å². The van der Waals surface area contributed by atoms with Gasteiger partial charge in [-0.1, -0.05) is 25.1 Å². The van der Waals surface area contributed by atoms with Gasteiger partial charge in [-0.3, -0.25) is 15.2 Å². The lowest BCUT2D eigenvalue weighted by Crippen LogP contribution is -2.41. The summed E-state index contributed by atoms with van der Waals surface area (Å²) in [5.74, 6) is 0.111. The normalized spacial score (nSPS) is 16.1. The zero-order valence-electron chi connectivity index (χ0n) is 18.6. The van der Waals surface area contributed by atoms with E-state index in [0.717, 1.165) is 44.5 Å². The van der Waals surface area contributed by atoms with Crippen molar-refractivity contribution in [3.63, 3.8) is 0 Å². The number of piperidine rings is 1. The van der Waals surface area contributed by atoms with Gasteiger partial charge in [-0.05, 0) is 87.5 Å². The fourth-order valence-corrected chi connectivity index (χ4v) is 4.44. The van der Waals surface area contributed by atoms with Gasteiger partial charge in [-0.15, -0.1) is 0 Å². The van der Waals surface area contributed by atoms with Crippen molar-refractivity contribution < 1.29 is 9.18 Å². The predicted molar refractivity (Wildman–Crippen MR) is 122 cm³/mol. The number of hydrogen-bond acceptors (Lipinski definition) is 4. The molecule has 6 heteroatoms. The molecule has 0 saturated carbocycles. The van der Waals surface area contributed by atoms with E-state index in [2.05, 4.69) is 16.0 Å². The van der Waals surface area contributed by atoms with Crippen molar-refractivity contribution in [2.45, 2.75) is 51.4 Å². The van der Waals surface area contributed by atoms with Crippen molar-refractivity contribution in [2.24, 2.45) is 0 Å². The Morgan fingerprint density at radius 2 is 1.97 bits per heavy atom. The third kappa shape index (κ3) is 6.20. The van der Waals surface area contributed by atoms with Crippen LogP contribution in [-0.2, 0) is 4.79 Å². The molecule has 31 heavy (non-hydrogen) atoms. The largest absolute Gasteiger partial charge is 0.303 e. The fourth-order valence-electron chi connectivity index (χ4n) is 4.44. The molecule has 0 spiro atoms. The Labute approximate surface area is 184 Å². The molecule has 1 saturated heterocycles. The van der Waals surface area contributed by atoms with E-state index in [4.69, 9.17) is 5.41 Å². The maximum absolute atomic E-state index is 13.3.